The monoisotopic (exact) mass is 1170 g/mol. The zero-order valence-electron chi connectivity index (χ0n) is 48.8. The number of azide groups is 2. The number of benzene rings is 5. The van der Waals surface area contributed by atoms with Crippen molar-refractivity contribution in [3.63, 3.8) is 0 Å². The summed E-state index contributed by atoms with van der Waals surface area (Å²) in [7, 11) is 1.45. The SMILES string of the molecule is CO[C@H]1O[C@@H](C)[C@@H](O[C@@H]2OC(COCc3ccccc3)[C@H](O[C@@H]3OC(C)[C@H](O[C@@H]4OC(COCc5ccccc5)[C@H](C)[C@H](C)C4N=[N+]=[N-])[C@H](C)C3OC(=O)c3ccccc3)[C@H](C)C2N=[N+]=[N-])C(OCc2ccccc2)C1OC(=O)c1ccccc1. The average molecular weight is 1170 g/mol. The molecule has 9 rings (SSSR count). The van der Waals surface area contributed by atoms with Gasteiger partial charge in [0, 0.05) is 22.9 Å². The first-order valence-electron chi connectivity index (χ1n) is 29.0. The standard InChI is InChI=1S/C64H76N6O15/c1-38-39(2)51(67-69-65)61(79-49(38)36-74-33-44-23-13-8-14-24-44)83-53-41(4)55(81-59(71)47-29-19-11-20-30-47)64(78-42(53)5)84-54-40(3)52(68-70-66)62(80-50(54)37-75-34-45-25-15-9-16-26-45)85-56-43(6)77-63(73-7)58(82-60(72)48-31-21-12-22-32-48)57(56)76-35-46-27-17-10-18-28-46/h8-32,38-43,49-58,61-64H,33-37H2,1-7H3/t38-,39+,40-,41+,42?,43+,49?,50?,51?,52?,53-,54-,55?,56-,57?,58?,61+,62+,63+,64+/m1/s1. The molecule has 0 spiro atoms. The molecular formula is C64H76N6O15. The topological polar surface area (TPSA) is 252 Å². The molecule has 8 unspecified atom stereocenters. The Balaban J connectivity index is 1.01. The summed E-state index contributed by atoms with van der Waals surface area (Å²) < 4.78 is 85.6. The first-order chi connectivity index (χ1) is 41.3. The normalized spacial score (nSPS) is 32.9. The van der Waals surface area contributed by atoms with Crippen molar-refractivity contribution >= 4 is 11.9 Å². The Morgan fingerprint density at radius 2 is 0.859 bits per heavy atom. The maximum absolute atomic E-state index is 14.2. The highest BCUT2D eigenvalue weighted by molar-refractivity contribution is 5.90. The average Bonchev–Trinajstić information content (AvgIpc) is 1.83. The Morgan fingerprint density at radius 1 is 0.435 bits per heavy atom. The number of ether oxygens (including phenoxy) is 13. The van der Waals surface area contributed by atoms with Crippen LogP contribution in [-0.4, -0.2) is 131 Å². The number of nitrogens with zero attached hydrogens (tertiary/aromatic N) is 6. The van der Waals surface area contributed by atoms with Gasteiger partial charge in [-0.1, -0.05) is 165 Å². The van der Waals surface area contributed by atoms with E-state index in [1.54, 1.807) is 67.6 Å². The van der Waals surface area contributed by atoms with Crippen LogP contribution >= 0.6 is 0 Å². The number of esters is 2. The number of carbonyl (C=O) groups is 2. The molecule has 452 valence electrons. The molecule has 4 aliphatic heterocycles. The highest BCUT2D eigenvalue weighted by Gasteiger charge is 2.55. The minimum Gasteiger partial charge on any atom is -0.453 e. The Labute approximate surface area is 495 Å². The maximum atomic E-state index is 14.2. The molecule has 20 atom stereocenters. The van der Waals surface area contributed by atoms with E-state index in [-0.39, 0.29) is 43.8 Å². The van der Waals surface area contributed by atoms with Gasteiger partial charge in [-0.2, -0.15) is 0 Å². The predicted octanol–water partition coefficient (Wildman–Crippen LogP) is 11.1. The molecule has 85 heavy (non-hydrogen) atoms. The number of hydrogen-bond acceptors (Lipinski definition) is 17. The van der Waals surface area contributed by atoms with E-state index in [1.807, 2.05) is 126 Å². The molecule has 0 amide bonds. The van der Waals surface area contributed by atoms with Gasteiger partial charge in [-0.25, -0.2) is 9.59 Å². The van der Waals surface area contributed by atoms with Crippen LogP contribution in [0.4, 0.5) is 0 Å². The van der Waals surface area contributed by atoms with Crippen LogP contribution in [0.25, 0.3) is 20.9 Å². The van der Waals surface area contributed by atoms with Crippen molar-refractivity contribution in [3.05, 3.63) is 200 Å². The molecule has 4 fully saturated rings. The van der Waals surface area contributed by atoms with Crippen LogP contribution in [0.5, 0.6) is 0 Å². The molecule has 4 saturated heterocycles. The van der Waals surface area contributed by atoms with Gasteiger partial charge in [-0.15, -0.1) is 0 Å². The molecule has 21 heteroatoms. The fourth-order valence-electron chi connectivity index (χ4n) is 11.5. The van der Waals surface area contributed by atoms with E-state index in [9.17, 15) is 20.7 Å². The number of rotatable bonds is 24. The van der Waals surface area contributed by atoms with Gasteiger partial charge in [0.2, 0.25) is 0 Å². The van der Waals surface area contributed by atoms with Gasteiger partial charge < -0.3 is 61.6 Å². The van der Waals surface area contributed by atoms with E-state index in [4.69, 9.17) is 61.6 Å². The van der Waals surface area contributed by atoms with Crippen molar-refractivity contribution in [2.45, 2.75) is 160 Å². The van der Waals surface area contributed by atoms with Crippen LogP contribution in [0.3, 0.4) is 0 Å². The molecule has 4 aliphatic rings. The maximum Gasteiger partial charge on any atom is 0.338 e. The van der Waals surface area contributed by atoms with E-state index >= 15 is 0 Å². The Kier molecular flexibility index (Phi) is 22.5. The van der Waals surface area contributed by atoms with Crippen molar-refractivity contribution < 1.29 is 71.2 Å². The molecule has 0 aromatic heterocycles. The van der Waals surface area contributed by atoms with Crippen LogP contribution in [0.1, 0.15) is 78.9 Å². The van der Waals surface area contributed by atoms with Crippen molar-refractivity contribution in [1.29, 1.82) is 0 Å². The van der Waals surface area contributed by atoms with Crippen molar-refractivity contribution in [3.8, 4) is 0 Å². The van der Waals surface area contributed by atoms with Gasteiger partial charge in [0.1, 0.15) is 18.3 Å². The summed E-state index contributed by atoms with van der Waals surface area (Å²) >= 11 is 0. The van der Waals surface area contributed by atoms with Crippen LogP contribution in [0.2, 0.25) is 0 Å². The molecule has 21 nitrogen and oxygen atoms in total. The quantitative estimate of drug-likeness (QED) is 0.0241. The molecule has 5 aromatic carbocycles. The summed E-state index contributed by atoms with van der Waals surface area (Å²) in [5.74, 6) is -2.93. The molecule has 5 aromatic rings. The zero-order chi connectivity index (χ0) is 59.8. The van der Waals surface area contributed by atoms with Gasteiger partial charge in [-0.05, 0) is 83.6 Å². The predicted molar refractivity (Wildman–Crippen MR) is 309 cm³/mol. The van der Waals surface area contributed by atoms with E-state index in [2.05, 4.69) is 20.1 Å². The third-order valence-corrected chi connectivity index (χ3v) is 16.5. The van der Waals surface area contributed by atoms with E-state index in [1.165, 1.54) is 7.11 Å². The highest BCUT2D eigenvalue weighted by atomic mass is 16.8. The Hall–Kier alpha value is -6.78. The summed E-state index contributed by atoms with van der Waals surface area (Å²) in [6.45, 7) is 12.2. The molecule has 0 N–H and O–H groups in total. The van der Waals surface area contributed by atoms with Crippen LogP contribution in [-0.2, 0) is 81.4 Å². The third kappa shape index (κ3) is 15.8. The summed E-state index contributed by atoms with van der Waals surface area (Å²) in [5.41, 5.74) is 23.5. The van der Waals surface area contributed by atoms with Gasteiger partial charge >= 0.3 is 11.9 Å². The number of hydrogen-bond donors (Lipinski definition) is 0. The number of carbonyl (C=O) groups excluding carboxylic acids is 2. The molecule has 0 bridgehead atoms. The van der Waals surface area contributed by atoms with Crippen molar-refractivity contribution in [2.75, 3.05) is 20.3 Å². The minimum atomic E-state index is -1.30. The molecule has 0 radical (unpaired) electrons. The summed E-state index contributed by atoms with van der Waals surface area (Å²) in [5, 5.41) is 8.49. The summed E-state index contributed by atoms with van der Waals surface area (Å²) in [6, 6.07) is 44.2. The van der Waals surface area contributed by atoms with Crippen LogP contribution in [0, 0.1) is 23.7 Å². The molecular weight excluding hydrogens is 1090 g/mol. The van der Waals surface area contributed by atoms with Gasteiger partial charge in [-0.3, -0.25) is 0 Å². The molecule has 4 heterocycles. The Morgan fingerprint density at radius 3 is 1.38 bits per heavy atom. The Bertz CT molecular complexity index is 2970. The lowest BCUT2D eigenvalue weighted by Gasteiger charge is -2.51. The number of methoxy groups -OCH3 is 1. The lowest BCUT2D eigenvalue weighted by atomic mass is 9.82. The first kappa shape index (κ1) is 62.7. The molecule has 0 aliphatic carbocycles. The minimum absolute atomic E-state index is 0.0643. The second-order valence-corrected chi connectivity index (χ2v) is 22.1. The first-order valence-corrected chi connectivity index (χ1v) is 29.0. The fourth-order valence-corrected chi connectivity index (χ4v) is 11.5. The van der Waals surface area contributed by atoms with Crippen molar-refractivity contribution in [2.24, 2.45) is 33.9 Å². The van der Waals surface area contributed by atoms with Crippen LogP contribution < -0.4 is 0 Å². The second-order valence-electron chi connectivity index (χ2n) is 22.1. The molecule has 0 saturated carbocycles. The lowest BCUT2D eigenvalue weighted by molar-refractivity contribution is -0.362. The van der Waals surface area contributed by atoms with Crippen molar-refractivity contribution in [1.82, 2.24) is 0 Å². The van der Waals surface area contributed by atoms with E-state index < -0.39 is 122 Å². The van der Waals surface area contributed by atoms with E-state index in [0.717, 1.165) is 16.7 Å². The van der Waals surface area contributed by atoms with Gasteiger partial charge in [0.15, 0.2) is 37.4 Å². The second kappa shape index (κ2) is 30.5. The van der Waals surface area contributed by atoms with E-state index in [0.29, 0.717) is 12.2 Å². The largest absolute Gasteiger partial charge is 0.453 e. The van der Waals surface area contributed by atoms with Gasteiger partial charge in [0.05, 0.1) is 86.8 Å². The highest BCUT2D eigenvalue weighted by Crippen LogP contribution is 2.42. The van der Waals surface area contributed by atoms with Crippen LogP contribution in [0.15, 0.2) is 162 Å². The lowest BCUT2D eigenvalue weighted by Crippen LogP contribution is -2.64. The zero-order valence-corrected chi connectivity index (χ0v) is 48.8. The van der Waals surface area contributed by atoms with Gasteiger partial charge in [0.25, 0.3) is 0 Å². The smallest absolute Gasteiger partial charge is 0.338 e. The third-order valence-electron chi connectivity index (χ3n) is 16.5. The summed E-state index contributed by atoms with van der Waals surface area (Å²) in [6.07, 6.45) is -13.8. The fraction of sp³-hybridized carbons (Fsp3) is 0.500. The summed E-state index contributed by atoms with van der Waals surface area (Å²) in [4.78, 5) is 34.6.